The molecule has 0 unspecified atom stereocenters. The van der Waals surface area contributed by atoms with E-state index in [0.717, 1.165) is 52.0 Å². The smallest absolute Gasteiger partial charge is 0.227 e. The number of nitrogens with one attached hydrogen (secondary N) is 1. The number of amides is 1. The third-order valence-electron chi connectivity index (χ3n) is 4.47. The summed E-state index contributed by atoms with van der Waals surface area (Å²) in [6, 6.07) is 0. The molecule has 17 heavy (non-hydrogen) atoms. The van der Waals surface area contributed by atoms with E-state index in [0.29, 0.717) is 5.91 Å². The van der Waals surface area contributed by atoms with Gasteiger partial charge in [0.15, 0.2) is 0 Å². The molecule has 3 saturated heterocycles. The second-order valence-corrected chi connectivity index (χ2v) is 5.69. The van der Waals surface area contributed by atoms with Gasteiger partial charge in [-0.3, -0.25) is 4.79 Å². The summed E-state index contributed by atoms with van der Waals surface area (Å²) in [5.74, 6) is 0.565. The van der Waals surface area contributed by atoms with Gasteiger partial charge in [0.05, 0.1) is 11.5 Å². The Labute approximate surface area is 103 Å². The van der Waals surface area contributed by atoms with Crippen molar-refractivity contribution in [2.75, 3.05) is 32.8 Å². The predicted molar refractivity (Wildman–Crippen MR) is 64.7 cm³/mol. The number of nitrogens with zero attached hydrogens (tertiary/aromatic N) is 1. The lowest BCUT2D eigenvalue weighted by Gasteiger charge is -2.33. The van der Waals surface area contributed by atoms with E-state index in [1.165, 1.54) is 12.8 Å². The minimum atomic E-state index is 0.0138. The van der Waals surface area contributed by atoms with Gasteiger partial charge in [0, 0.05) is 26.2 Å². The molecule has 96 valence electrons. The lowest BCUT2D eigenvalue weighted by Crippen LogP contribution is -2.42. The van der Waals surface area contributed by atoms with Gasteiger partial charge in [-0.1, -0.05) is 0 Å². The molecule has 1 amide bonds. The van der Waals surface area contributed by atoms with Crippen LogP contribution in [0.2, 0.25) is 0 Å². The number of rotatable bonds is 1. The molecular formula is C13H22N2O2. The molecule has 3 aliphatic rings. The van der Waals surface area contributed by atoms with E-state index in [-0.39, 0.29) is 11.5 Å². The molecule has 0 aromatic rings. The van der Waals surface area contributed by atoms with Gasteiger partial charge in [-0.2, -0.15) is 0 Å². The summed E-state index contributed by atoms with van der Waals surface area (Å²) in [6.07, 6.45) is 5.62. The lowest BCUT2D eigenvalue weighted by molar-refractivity contribution is -0.136. The van der Waals surface area contributed by atoms with Crippen LogP contribution in [0, 0.1) is 5.92 Å². The number of carbonyl (C=O) groups is 1. The van der Waals surface area contributed by atoms with Crippen molar-refractivity contribution in [3.63, 3.8) is 0 Å². The summed E-state index contributed by atoms with van der Waals surface area (Å²) in [4.78, 5) is 14.3. The van der Waals surface area contributed by atoms with Crippen LogP contribution in [-0.2, 0) is 9.53 Å². The highest BCUT2D eigenvalue weighted by Gasteiger charge is 2.43. The van der Waals surface area contributed by atoms with Gasteiger partial charge in [0.2, 0.25) is 5.91 Å². The van der Waals surface area contributed by atoms with Gasteiger partial charge in [-0.15, -0.1) is 0 Å². The van der Waals surface area contributed by atoms with Gasteiger partial charge in [-0.05, 0) is 38.6 Å². The fourth-order valence-electron chi connectivity index (χ4n) is 3.39. The first kappa shape index (κ1) is 11.5. The second-order valence-electron chi connectivity index (χ2n) is 5.69. The Morgan fingerprint density at radius 2 is 2.29 bits per heavy atom. The van der Waals surface area contributed by atoms with Crippen LogP contribution in [0.4, 0.5) is 0 Å². The minimum Gasteiger partial charge on any atom is -0.373 e. The number of carbonyl (C=O) groups excluding carboxylic acids is 1. The Morgan fingerprint density at radius 1 is 1.35 bits per heavy atom. The summed E-state index contributed by atoms with van der Waals surface area (Å²) in [7, 11) is 0. The molecule has 1 N–H and O–H groups in total. The topological polar surface area (TPSA) is 41.6 Å². The van der Waals surface area contributed by atoms with Crippen molar-refractivity contribution in [1.29, 1.82) is 0 Å². The van der Waals surface area contributed by atoms with Crippen molar-refractivity contribution in [2.45, 2.75) is 37.7 Å². The Hall–Kier alpha value is -0.610. The number of hydrogen-bond donors (Lipinski definition) is 1. The summed E-state index contributed by atoms with van der Waals surface area (Å²) in [5.41, 5.74) is 0.0138. The average molecular weight is 238 g/mol. The molecule has 3 rings (SSSR count). The lowest BCUT2D eigenvalue weighted by atomic mass is 9.93. The van der Waals surface area contributed by atoms with Crippen molar-refractivity contribution in [1.82, 2.24) is 10.2 Å². The predicted octanol–water partition coefficient (Wildman–Crippen LogP) is 0.767. The molecule has 0 bridgehead atoms. The minimum absolute atomic E-state index is 0.0138. The van der Waals surface area contributed by atoms with Gasteiger partial charge in [0.25, 0.3) is 0 Å². The molecule has 4 nitrogen and oxygen atoms in total. The van der Waals surface area contributed by atoms with Crippen LogP contribution >= 0.6 is 0 Å². The van der Waals surface area contributed by atoms with E-state index < -0.39 is 0 Å². The SMILES string of the molecule is O=C([C@@H]1CCNC1)N1CC[C@]2(CCCCO2)C1. The summed E-state index contributed by atoms with van der Waals surface area (Å²) < 4.78 is 5.96. The second kappa shape index (κ2) is 4.58. The highest BCUT2D eigenvalue weighted by Crippen LogP contribution is 2.34. The number of likely N-dealkylation sites (tertiary alicyclic amines) is 1. The maximum absolute atomic E-state index is 12.3. The zero-order chi connectivity index (χ0) is 11.7. The fraction of sp³-hybridized carbons (Fsp3) is 0.923. The highest BCUT2D eigenvalue weighted by atomic mass is 16.5. The van der Waals surface area contributed by atoms with Crippen molar-refractivity contribution in [3.05, 3.63) is 0 Å². The molecular weight excluding hydrogens is 216 g/mol. The van der Waals surface area contributed by atoms with Crippen LogP contribution in [0.3, 0.4) is 0 Å². The molecule has 4 heteroatoms. The number of ether oxygens (including phenoxy) is 1. The molecule has 3 aliphatic heterocycles. The molecule has 2 atom stereocenters. The van der Waals surface area contributed by atoms with Crippen LogP contribution in [-0.4, -0.2) is 49.2 Å². The molecule has 0 aromatic heterocycles. The van der Waals surface area contributed by atoms with Crippen molar-refractivity contribution in [2.24, 2.45) is 5.92 Å². The van der Waals surface area contributed by atoms with Crippen molar-refractivity contribution < 1.29 is 9.53 Å². The average Bonchev–Trinajstić information content (AvgIpc) is 2.99. The van der Waals surface area contributed by atoms with Crippen molar-refractivity contribution in [3.8, 4) is 0 Å². The number of hydrogen-bond acceptors (Lipinski definition) is 3. The van der Waals surface area contributed by atoms with Crippen molar-refractivity contribution >= 4 is 5.91 Å². The quantitative estimate of drug-likeness (QED) is 0.733. The zero-order valence-corrected chi connectivity index (χ0v) is 10.4. The monoisotopic (exact) mass is 238 g/mol. The third-order valence-corrected chi connectivity index (χ3v) is 4.47. The van der Waals surface area contributed by atoms with Crippen LogP contribution in [0.5, 0.6) is 0 Å². The molecule has 0 saturated carbocycles. The van der Waals surface area contributed by atoms with E-state index >= 15 is 0 Å². The van der Waals surface area contributed by atoms with E-state index in [2.05, 4.69) is 5.32 Å². The van der Waals surface area contributed by atoms with E-state index in [9.17, 15) is 4.79 Å². The van der Waals surface area contributed by atoms with E-state index in [4.69, 9.17) is 4.74 Å². The molecule has 3 fully saturated rings. The van der Waals surface area contributed by atoms with E-state index in [1.54, 1.807) is 0 Å². The van der Waals surface area contributed by atoms with Gasteiger partial charge < -0.3 is 15.0 Å². The Kier molecular flexibility index (Phi) is 3.09. The summed E-state index contributed by atoms with van der Waals surface area (Å²) in [6.45, 7) is 4.47. The van der Waals surface area contributed by atoms with Crippen LogP contribution in [0.15, 0.2) is 0 Å². The summed E-state index contributed by atoms with van der Waals surface area (Å²) >= 11 is 0. The Morgan fingerprint density at radius 3 is 3.00 bits per heavy atom. The maximum Gasteiger partial charge on any atom is 0.227 e. The maximum atomic E-state index is 12.3. The fourth-order valence-corrected chi connectivity index (χ4v) is 3.39. The standard InChI is InChI=1S/C13H22N2O2/c16-12(11-3-6-14-9-11)15-7-5-13(10-15)4-1-2-8-17-13/h11,14H,1-10H2/t11-,13-/m1/s1. The normalized spacial score (nSPS) is 37.9. The van der Waals surface area contributed by atoms with E-state index in [1.807, 2.05) is 4.90 Å². The summed E-state index contributed by atoms with van der Waals surface area (Å²) in [5, 5.41) is 3.27. The largest absolute Gasteiger partial charge is 0.373 e. The first-order chi connectivity index (χ1) is 8.29. The van der Waals surface area contributed by atoms with Gasteiger partial charge in [-0.25, -0.2) is 0 Å². The first-order valence-corrected chi connectivity index (χ1v) is 6.93. The Bertz CT molecular complexity index is 294. The van der Waals surface area contributed by atoms with Crippen LogP contribution in [0.1, 0.15) is 32.1 Å². The third kappa shape index (κ3) is 2.20. The molecule has 3 heterocycles. The highest BCUT2D eigenvalue weighted by molar-refractivity contribution is 5.79. The first-order valence-electron chi connectivity index (χ1n) is 6.93. The molecule has 0 radical (unpaired) electrons. The van der Waals surface area contributed by atoms with Crippen LogP contribution in [0.25, 0.3) is 0 Å². The van der Waals surface area contributed by atoms with Gasteiger partial charge >= 0.3 is 0 Å². The molecule has 1 spiro atoms. The van der Waals surface area contributed by atoms with Crippen LogP contribution < -0.4 is 5.32 Å². The zero-order valence-electron chi connectivity index (χ0n) is 10.4. The van der Waals surface area contributed by atoms with Gasteiger partial charge in [0.1, 0.15) is 0 Å². The Balaban J connectivity index is 1.60. The molecule has 0 aromatic carbocycles. The molecule has 0 aliphatic carbocycles.